The summed E-state index contributed by atoms with van der Waals surface area (Å²) >= 11 is 0. The standard InChI is InChI=1S/C12H25N3O/c1-3-11(2)14-9-7-5-4-6-8-10-15-12(13)16/h14H,2-10H2,1H3,(H3,13,15,16). The number of hydrogen-bond acceptors (Lipinski definition) is 2. The Morgan fingerprint density at radius 3 is 2.06 bits per heavy atom. The minimum absolute atomic E-state index is 0.428. The summed E-state index contributed by atoms with van der Waals surface area (Å²) in [7, 11) is 0. The van der Waals surface area contributed by atoms with E-state index in [9.17, 15) is 4.79 Å². The molecule has 0 aromatic heterocycles. The molecule has 0 radical (unpaired) electrons. The van der Waals surface area contributed by atoms with Crippen LogP contribution in [0.2, 0.25) is 0 Å². The molecule has 0 fully saturated rings. The molecule has 0 heterocycles. The number of amides is 2. The van der Waals surface area contributed by atoms with Crippen molar-refractivity contribution in [2.45, 2.75) is 45.4 Å². The number of primary amides is 1. The lowest BCUT2D eigenvalue weighted by Gasteiger charge is -2.06. The first-order valence-corrected chi connectivity index (χ1v) is 6.11. The number of carbonyl (C=O) groups excluding carboxylic acids is 1. The van der Waals surface area contributed by atoms with Gasteiger partial charge in [0.15, 0.2) is 0 Å². The van der Waals surface area contributed by atoms with Crippen LogP contribution >= 0.6 is 0 Å². The van der Waals surface area contributed by atoms with Crippen molar-refractivity contribution in [1.82, 2.24) is 10.6 Å². The zero-order chi connectivity index (χ0) is 12.2. The summed E-state index contributed by atoms with van der Waals surface area (Å²) in [5.74, 6) is 0. The van der Waals surface area contributed by atoms with Crippen molar-refractivity contribution in [3.63, 3.8) is 0 Å². The molecular formula is C12H25N3O. The topological polar surface area (TPSA) is 67.2 Å². The molecule has 0 rings (SSSR count). The summed E-state index contributed by atoms with van der Waals surface area (Å²) in [4.78, 5) is 10.4. The lowest BCUT2D eigenvalue weighted by Crippen LogP contribution is -2.29. The zero-order valence-electron chi connectivity index (χ0n) is 10.3. The molecule has 2 amide bonds. The average Bonchev–Trinajstić information content (AvgIpc) is 2.26. The van der Waals surface area contributed by atoms with Crippen LogP contribution in [0.25, 0.3) is 0 Å². The van der Waals surface area contributed by atoms with Gasteiger partial charge in [0.2, 0.25) is 0 Å². The molecule has 0 aliphatic rings. The second kappa shape index (κ2) is 10.3. The number of rotatable bonds is 10. The Labute approximate surface area is 98.7 Å². The van der Waals surface area contributed by atoms with Crippen LogP contribution in [0.5, 0.6) is 0 Å². The molecule has 4 N–H and O–H groups in total. The monoisotopic (exact) mass is 227 g/mol. The molecule has 0 saturated heterocycles. The van der Waals surface area contributed by atoms with E-state index < -0.39 is 6.03 Å². The van der Waals surface area contributed by atoms with Crippen LogP contribution in [0.1, 0.15) is 45.4 Å². The molecule has 0 aliphatic heterocycles. The highest BCUT2D eigenvalue weighted by atomic mass is 16.2. The van der Waals surface area contributed by atoms with Gasteiger partial charge in [-0.2, -0.15) is 0 Å². The van der Waals surface area contributed by atoms with Crippen molar-refractivity contribution in [2.75, 3.05) is 13.1 Å². The van der Waals surface area contributed by atoms with E-state index in [0.29, 0.717) is 6.54 Å². The number of hydrogen-bond donors (Lipinski definition) is 3. The van der Waals surface area contributed by atoms with Gasteiger partial charge in [-0.1, -0.05) is 32.8 Å². The minimum Gasteiger partial charge on any atom is -0.389 e. The molecule has 0 aliphatic carbocycles. The Morgan fingerprint density at radius 1 is 1.06 bits per heavy atom. The van der Waals surface area contributed by atoms with E-state index in [2.05, 4.69) is 24.1 Å². The third-order valence-electron chi connectivity index (χ3n) is 2.45. The Bertz CT molecular complexity index is 204. The van der Waals surface area contributed by atoms with Crippen molar-refractivity contribution in [2.24, 2.45) is 5.73 Å². The Hall–Kier alpha value is -1.19. The first-order chi connectivity index (χ1) is 7.66. The van der Waals surface area contributed by atoms with E-state index in [1.54, 1.807) is 0 Å². The van der Waals surface area contributed by atoms with E-state index in [-0.39, 0.29) is 0 Å². The van der Waals surface area contributed by atoms with Gasteiger partial charge < -0.3 is 16.4 Å². The van der Waals surface area contributed by atoms with Gasteiger partial charge in [0.25, 0.3) is 0 Å². The molecule has 0 aromatic carbocycles. The predicted octanol–water partition coefficient (Wildman–Crippen LogP) is 2.12. The first kappa shape index (κ1) is 14.8. The largest absolute Gasteiger partial charge is 0.389 e. The van der Waals surface area contributed by atoms with Gasteiger partial charge in [-0.3, -0.25) is 0 Å². The van der Waals surface area contributed by atoms with Gasteiger partial charge in [0.05, 0.1) is 0 Å². The van der Waals surface area contributed by atoms with E-state index in [4.69, 9.17) is 5.73 Å². The predicted molar refractivity (Wildman–Crippen MR) is 68.1 cm³/mol. The quantitative estimate of drug-likeness (QED) is 0.500. The fourth-order valence-corrected chi connectivity index (χ4v) is 1.38. The van der Waals surface area contributed by atoms with Crippen LogP contribution in [0.15, 0.2) is 12.3 Å². The maximum absolute atomic E-state index is 10.4. The van der Waals surface area contributed by atoms with Crippen LogP contribution in [0.3, 0.4) is 0 Å². The third-order valence-corrected chi connectivity index (χ3v) is 2.45. The number of urea groups is 1. The van der Waals surface area contributed by atoms with Crippen LogP contribution in [0, 0.1) is 0 Å². The number of allylic oxidation sites excluding steroid dienone is 1. The molecule has 0 atom stereocenters. The second-order valence-electron chi connectivity index (χ2n) is 3.94. The molecule has 0 bridgehead atoms. The van der Waals surface area contributed by atoms with Crippen LogP contribution in [0.4, 0.5) is 4.79 Å². The van der Waals surface area contributed by atoms with Gasteiger partial charge in [0.1, 0.15) is 0 Å². The van der Waals surface area contributed by atoms with E-state index in [1.807, 2.05) is 0 Å². The van der Waals surface area contributed by atoms with Crippen LogP contribution in [-0.4, -0.2) is 19.1 Å². The molecule has 0 spiro atoms. The minimum atomic E-state index is -0.428. The smallest absolute Gasteiger partial charge is 0.312 e. The summed E-state index contributed by atoms with van der Waals surface area (Å²) in [5.41, 5.74) is 6.06. The molecule has 0 saturated carbocycles. The lowest BCUT2D eigenvalue weighted by atomic mass is 10.1. The Balaban J connectivity index is 3.04. The molecule has 4 heteroatoms. The first-order valence-electron chi connectivity index (χ1n) is 6.11. The fraction of sp³-hybridized carbons (Fsp3) is 0.750. The SMILES string of the molecule is C=C(CC)NCCCCCCCNC(N)=O. The summed E-state index contributed by atoms with van der Waals surface area (Å²) in [5, 5.41) is 5.87. The van der Waals surface area contributed by atoms with E-state index in [0.717, 1.165) is 31.5 Å². The summed E-state index contributed by atoms with van der Waals surface area (Å²) < 4.78 is 0. The highest BCUT2D eigenvalue weighted by Crippen LogP contribution is 2.02. The van der Waals surface area contributed by atoms with E-state index in [1.165, 1.54) is 19.3 Å². The highest BCUT2D eigenvalue weighted by Gasteiger charge is 1.93. The van der Waals surface area contributed by atoms with Crippen molar-refractivity contribution in [1.29, 1.82) is 0 Å². The van der Waals surface area contributed by atoms with Crippen molar-refractivity contribution >= 4 is 6.03 Å². The number of carbonyl (C=O) groups is 1. The van der Waals surface area contributed by atoms with Crippen LogP contribution in [-0.2, 0) is 0 Å². The Morgan fingerprint density at radius 2 is 1.56 bits per heavy atom. The molecular weight excluding hydrogens is 202 g/mol. The summed E-state index contributed by atoms with van der Waals surface area (Å²) in [6, 6.07) is -0.428. The van der Waals surface area contributed by atoms with Gasteiger partial charge in [-0.05, 0) is 19.3 Å². The maximum atomic E-state index is 10.4. The zero-order valence-corrected chi connectivity index (χ0v) is 10.3. The maximum Gasteiger partial charge on any atom is 0.312 e. The van der Waals surface area contributed by atoms with Gasteiger partial charge in [0, 0.05) is 18.8 Å². The van der Waals surface area contributed by atoms with Crippen molar-refractivity contribution in [3.05, 3.63) is 12.3 Å². The fourth-order valence-electron chi connectivity index (χ4n) is 1.38. The number of nitrogens with two attached hydrogens (primary N) is 1. The Kier molecular flexibility index (Phi) is 9.56. The van der Waals surface area contributed by atoms with Gasteiger partial charge in [-0.15, -0.1) is 0 Å². The number of nitrogens with one attached hydrogen (secondary N) is 2. The average molecular weight is 227 g/mol. The number of unbranched alkanes of at least 4 members (excludes halogenated alkanes) is 4. The van der Waals surface area contributed by atoms with Crippen LogP contribution < -0.4 is 16.4 Å². The molecule has 4 nitrogen and oxygen atoms in total. The third kappa shape index (κ3) is 10.9. The lowest BCUT2D eigenvalue weighted by molar-refractivity contribution is 0.248. The summed E-state index contributed by atoms with van der Waals surface area (Å²) in [6.07, 6.45) is 6.77. The molecule has 0 aromatic rings. The normalized spacial score (nSPS) is 9.81. The van der Waals surface area contributed by atoms with Gasteiger partial charge in [-0.25, -0.2) is 4.79 Å². The van der Waals surface area contributed by atoms with Crippen molar-refractivity contribution < 1.29 is 4.79 Å². The molecule has 0 unspecified atom stereocenters. The van der Waals surface area contributed by atoms with E-state index >= 15 is 0 Å². The highest BCUT2D eigenvalue weighted by molar-refractivity contribution is 5.71. The summed E-state index contributed by atoms with van der Waals surface area (Å²) in [6.45, 7) is 7.70. The molecule has 16 heavy (non-hydrogen) atoms. The second-order valence-corrected chi connectivity index (χ2v) is 3.94. The van der Waals surface area contributed by atoms with Gasteiger partial charge >= 0.3 is 6.03 Å². The molecule has 94 valence electrons. The van der Waals surface area contributed by atoms with Crippen molar-refractivity contribution in [3.8, 4) is 0 Å².